The minimum absolute atomic E-state index is 0.0385. The number of aliphatic hydroxyl groups is 1. The van der Waals surface area contributed by atoms with E-state index in [1.165, 1.54) is 0 Å². The van der Waals surface area contributed by atoms with Crippen molar-refractivity contribution in [2.75, 3.05) is 11.5 Å². The summed E-state index contributed by atoms with van der Waals surface area (Å²) >= 11 is 7.77. The lowest BCUT2D eigenvalue weighted by Gasteiger charge is -2.39. The van der Waals surface area contributed by atoms with Crippen LogP contribution in [0.5, 0.6) is 0 Å². The van der Waals surface area contributed by atoms with Crippen LogP contribution in [0.2, 0.25) is 5.02 Å². The van der Waals surface area contributed by atoms with Crippen LogP contribution in [0, 0.1) is 0 Å². The topological polar surface area (TPSA) is 29.5 Å². The van der Waals surface area contributed by atoms with Crippen LogP contribution in [-0.4, -0.2) is 28.3 Å². The van der Waals surface area contributed by atoms with E-state index >= 15 is 0 Å². The van der Waals surface area contributed by atoms with Crippen molar-refractivity contribution in [2.24, 2.45) is 0 Å². The van der Waals surface area contributed by atoms with Gasteiger partial charge >= 0.3 is 0 Å². The smallest absolute Gasteiger partial charge is 0.0856 e. The molecule has 1 aliphatic heterocycles. The molecular formula is C15H21ClO2S. The number of thioether (sulfide) groups is 1. The molecule has 0 unspecified atom stereocenters. The van der Waals surface area contributed by atoms with Crippen molar-refractivity contribution >= 4 is 23.4 Å². The second-order valence-corrected chi connectivity index (χ2v) is 7.12. The first-order chi connectivity index (χ1) is 9.00. The van der Waals surface area contributed by atoms with E-state index in [1.807, 2.05) is 43.0 Å². The van der Waals surface area contributed by atoms with Crippen LogP contribution in [0.15, 0.2) is 24.3 Å². The van der Waals surface area contributed by atoms with Crippen LogP contribution < -0.4 is 0 Å². The molecule has 0 amide bonds. The Balaban J connectivity index is 2.09. The molecule has 1 fully saturated rings. The van der Waals surface area contributed by atoms with E-state index in [4.69, 9.17) is 16.3 Å². The first-order valence-electron chi connectivity index (χ1n) is 6.71. The molecule has 3 atom stereocenters. The molecule has 0 radical (unpaired) electrons. The van der Waals surface area contributed by atoms with E-state index in [1.54, 1.807) is 0 Å². The highest BCUT2D eigenvalue weighted by Crippen LogP contribution is 2.38. The van der Waals surface area contributed by atoms with Gasteiger partial charge in [0.2, 0.25) is 0 Å². The summed E-state index contributed by atoms with van der Waals surface area (Å²) in [5.41, 5.74) is 0.442. The lowest BCUT2D eigenvalue weighted by Crippen LogP contribution is -2.40. The summed E-state index contributed by atoms with van der Waals surface area (Å²) in [5.74, 6) is 2.02. The molecule has 0 aliphatic carbocycles. The Labute approximate surface area is 124 Å². The molecule has 0 saturated carbocycles. The normalized spacial score (nSPS) is 31.4. The zero-order valence-corrected chi connectivity index (χ0v) is 13.0. The molecule has 1 aliphatic rings. The minimum atomic E-state index is -0.651. The fraction of sp³-hybridized carbons (Fsp3) is 0.600. The lowest BCUT2D eigenvalue weighted by molar-refractivity contribution is -0.130. The van der Waals surface area contributed by atoms with Crippen molar-refractivity contribution in [3.05, 3.63) is 34.9 Å². The van der Waals surface area contributed by atoms with Gasteiger partial charge in [-0.25, -0.2) is 0 Å². The van der Waals surface area contributed by atoms with E-state index in [0.717, 1.165) is 22.1 Å². The number of hydrogen-bond donors (Lipinski definition) is 1. The molecule has 0 spiro atoms. The van der Waals surface area contributed by atoms with Gasteiger partial charge in [0.25, 0.3) is 0 Å². The van der Waals surface area contributed by atoms with Gasteiger partial charge in [-0.15, -0.1) is 0 Å². The Morgan fingerprint density at radius 2 is 2.05 bits per heavy atom. The molecule has 0 aromatic heterocycles. The third-order valence-corrected chi connectivity index (χ3v) is 4.67. The molecule has 4 heteroatoms. The largest absolute Gasteiger partial charge is 0.390 e. The predicted octanol–water partition coefficient (Wildman–Crippen LogP) is 4.06. The van der Waals surface area contributed by atoms with Gasteiger partial charge in [0, 0.05) is 23.6 Å². The summed E-state index contributed by atoms with van der Waals surface area (Å²) in [6.07, 6.45) is 1.43. The number of hydrogen-bond acceptors (Lipinski definition) is 3. The van der Waals surface area contributed by atoms with Crippen molar-refractivity contribution in [1.82, 2.24) is 0 Å². The molecule has 1 aromatic carbocycles. The third kappa shape index (κ3) is 4.38. The van der Waals surface area contributed by atoms with Crippen molar-refractivity contribution in [3.63, 3.8) is 0 Å². The highest BCUT2D eigenvalue weighted by atomic mass is 35.5. The van der Waals surface area contributed by atoms with E-state index in [-0.39, 0.29) is 12.2 Å². The quantitative estimate of drug-likeness (QED) is 0.909. The van der Waals surface area contributed by atoms with Gasteiger partial charge in [0.1, 0.15) is 0 Å². The minimum Gasteiger partial charge on any atom is -0.390 e. The van der Waals surface area contributed by atoms with Crippen LogP contribution in [-0.2, 0) is 4.74 Å². The zero-order chi connectivity index (χ0) is 13.9. The number of rotatable bonds is 4. The van der Waals surface area contributed by atoms with Gasteiger partial charge in [-0.05, 0) is 30.4 Å². The Kier molecular flexibility index (Phi) is 5.18. The number of benzene rings is 1. The molecule has 0 bridgehead atoms. The molecular weight excluding hydrogens is 280 g/mol. The Morgan fingerprint density at radius 3 is 2.68 bits per heavy atom. The highest BCUT2D eigenvalue weighted by Gasteiger charge is 2.36. The van der Waals surface area contributed by atoms with Gasteiger partial charge in [0.15, 0.2) is 0 Å². The van der Waals surface area contributed by atoms with Gasteiger partial charge in [-0.2, -0.15) is 11.8 Å². The Bertz CT molecular complexity index is 405. The second-order valence-electron chi connectivity index (χ2n) is 5.36. The van der Waals surface area contributed by atoms with Crippen molar-refractivity contribution in [1.29, 1.82) is 0 Å². The predicted molar refractivity (Wildman–Crippen MR) is 81.9 cm³/mol. The fourth-order valence-corrected chi connectivity index (χ4v) is 3.34. The molecule has 1 saturated heterocycles. The maximum Gasteiger partial charge on any atom is 0.0856 e. The first-order valence-corrected chi connectivity index (χ1v) is 8.24. The number of halogens is 1. The average Bonchev–Trinajstić information content (AvgIpc) is 2.35. The summed E-state index contributed by atoms with van der Waals surface area (Å²) in [7, 11) is 0. The summed E-state index contributed by atoms with van der Waals surface area (Å²) in [6, 6.07) is 7.72. The molecule has 1 heterocycles. The second kappa shape index (κ2) is 6.49. The Hall–Kier alpha value is -0.220. The first kappa shape index (κ1) is 15.2. The van der Waals surface area contributed by atoms with Crippen LogP contribution >= 0.6 is 23.4 Å². The summed E-state index contributed by atoms with van der Waals surface area (Å²) in [4.78, 5) is 0. The van der Waals surface area contributed by atoms with Gasteiger partial charge < -0.3 is 9.84 Å². The molecule has 2 rings (SSSR count). The molecule has 106 valence electrons. The molecule has 19 heavy (non-hydrogen) atoms. The molecule has 2 nitrogen and oxygen atoms in total. The van der Waals surface area contributed by atoms with Crippen LogP contribution in [0.25, 0.3) is 0 Å². The molecule has 1 N–H and O–H groups in total. The van der Waals surface area contributed by atoms with Crippen LogP contribution in [0.1, 0.15) is 38.4 Å². The standard InChI is InChI=1S/C15H21ClO2S/c1-3-19-10-13-8-15(2,17)9-14(18-13)11-4-6-12(16)7-5-11/h4-7,13-14,17H,3,8-10H2,1-2H3/t13-,14+,15-/m0/s1. The van der Waals surface area contributed by atoms with E-state index < -0.39 is 5.60 Å². The SMILES string of the molecule is CCSC[C@@H]1C[C@](C)(O)C[C@H](c2ccc(Cl)cc2)O1. The van der Waals surface area contributed by atoms with Crippen LogP contribution in [0.3, 0.4) is 0 Å². The van der Waals surface area contributed by atoms with E-state index in [0.29, 0.717) is 12.8 Å². The average molecular weight is 301 g/mol. The zero-order valence-electron chi connectivity index (χ0n) is 11.4. The summed E-state index contributed by atoms with van der Waals surface area (Å²) < 4.78 is 6.13. The monoisotopic (exact) mass is 300 g/mol. The van der Waals surface area contributed by atoms with Crippen molar-refractivity contribution in [2.45, 2.75) is 44.5 Å². The van der Waals surface area contributed by atoms with Gasteiger partial charge in [-0.3, -0.25) is 0 Å². The summed E-state index contributed by atoms with van der Waals surface area (Å²) in [5, 5.41) is 11.1. The molecule has 1 aromatic rings. The maximum atomic E-state index is 10.4. The maximum absolute atomic E-state index is 10.4. The fourth-order valence-electron chi connectivity index (χ4n) is 2.52. The lowest BCUT2D eigenvalue weighted by atomic mass is 9.86. The van der Waals surface area contributed by atoms with Crippen LogP contribution in [0.4, 0.5) is 0 Å². The highest BCUT2D eigenvalue weighted by molar-refractivity contribution is 7.99. The number of ether oxygens (including phenoxy) is 1. The van der Waals surface area contributed by atoms with Gasteiger partial charge in [-0.1, -0.05) is 30.7 Å². The summed E-state index contributed by atoms with van der Waals surface area (Å²) in [6.45, 7) is 4.05. The van der Waals surface area contributed by atoms with Crippen molar-refractivity contribution in [3.8, 4) is 0 Å². The van der Waals surface area contributed by atoms with E-state index in [2.05, 4.69) is 6.92 Å². The van der Waals surface area contributed by atoms with Gasteiger partial charge in [0.05, 0.1) is 17.8 Å². The Morgan fingerprint density at radius 1 is 1.37 bits per heavy atom. The van der Waals surface area contributed by atoms with Crippen molar-refractivity contribution < 1.29 is 9.84 Å². The van der Waals surface area contributed by atoms with E-state index in [9.17, 15) is 5.11 Å². The third-order valence-electron chi connectivity index (χ3n) is 3.40.